The van der Waals surface area contributed by atoms with E-state index in [0.29, 0.717) is 17.7 Å². The Morgan fingerprint density at radius 1 is 0.938 bits per heavy atom. The smallest absolute Gasteiger partial charge is 0.248 e. The molecule has 1 unspecified atom stereocenters. The Kier molecular flexibility index (Phi) is 7.62. The van der Waals surface area contributed by atoms with E-state index in [4.69, 9.17) is 4.42 Å². The number of rotatable bonds is 11. The molecule has 2 aromatic heterocycles. The highest BCUT2D eigenvalue weighted by Crippen LogP contribution is 2.31. The minimum Gasteiger partial charge on any atom is -0.421 e. The maximum Gasteiger partial charge on any atom is 0.248 e. The second-order valence-electron chi connectivity index (χ2n) is 8.30. The van der Waals surface area contributed by atoms with Crippen molar-refractivity contribution in [1.82, 2.24) is 20.5 Å². The summed E-state index contributed by atoms with van der Waals surface area (Å²) in [5.74, 6) is 1.63. The van der Waals surface area contributed by atoms with Crippen molar-refractivity contribution in [3.05, 3.63) is 77.8 Å². The minimum absolute atomic E-state index is 0.379. The highest BCUT2D eigenvalue weighted by molar-refractivity contribution is 5.94. The molecule has 4 rings (SSSR count). The van der Waals surface area contributed by atoms with Crippen molar-refractivity contribution >= 4 is 10.9 Å². The summed E-state index contributed by atoms with van der Waals surface area (Å²) >= 11 is 0. The molecular formula is C27H32N4O. The SMILES string of the molecule is CCCCNCc1ccc(-c2nnc(CC(CCC)c3ccccc3)o2)c2cccnc12. The van der Waals surface area contributed by atoms with Gasteiger partial charge in [0.25, 0.3) is 0 Å². The van der Waals surface area contributed by atoms with Gasteiger partial charge in [0.15, 0.2) is 0 Å². The summed E-state index contributed by atoms with van der Waals surface area (Å²) in [6.45, 7) is 6.24. The van der Waals surface area contributed by atoms with E-state index in [-0.39, 0.29) is 0 Å². The van der Waals surface area contributed by atoms with E-state index in [1.165, 1.54) is 24.0 Å². The van der Waals surface area contributed by atoms with E-state index in [1.807, 2.05) is 12.3 Å². The van der Waals surface area contributed by atoms with Gasteiger partial charge in [0.2, 0.25) is 11.8 Å². The van der Waals surface area contributed by atoms with Gasteiger partial charge in [-0.15, -0.1) is 10.2 Å². The van der Waals surface area contributed by atoms with Crippen molar-refractivity contribution < 1.29 is 4.42 Å². The molecule has 1 N–H and O–H groups in total. The Labute approximate surface area is 190 Å². The molecule has 166 valence electrons. The predicted octanol–water partition coefficient (Wildman–Crippen LogP) is 6.30. The largest absolute Gasteiger partial charge is 0.421 e. The van der Waals surface area contributed by atoms with Crippen LogP contribution in [0.2, 0.25) is 0 Å². The molecule has 5 nitrogen and oxygen atoms in total. The molecule has 0 bridgehead atoms. The molecule has 2 heterocycles. The molecule has 0 aliphatic carbocycles. The van der Waals surface area contributed by atoms with Crippen LogP contribution in [0.15, 0.2) is 65.2 Å². The van der Waals surface area contributed by atoms with Crippen molar-refractivity contribution in [2.75, 3.05) is 6.54 Å². The first kappa shape index (κ1) is 22.2. The van der Waals surface area contributed by atoms with Crippen LogP contribution in [-0.4, -0.2) is 21.7 Å². The van der Waals surface area contributed by atoms with Gasteiger partial charge in [-0.3, -0.25) is 4.98 Å². The summed E-state index contributed by atoms with van der Waals surface area (Å²) in [6, 6.07) is 18.9. The second kappa shape index (κ2) is 11.0. The normalized spacial score (nSPS) is 12.3. The lowest BCUT2D eigenvalue weighted by Crippen LogP contribution is -2.14. The first-order valence-electron chi connectivity index (χ1n) is 11.7. The average Bonchev–Trinajstić information content (AvgIpc) is 3.30. The fraction of sp³-hybridized carbons (Fsp3) is 0.370. The van der Waals surface area contributed by atoms with Crippen molar-refractivity contribution in [1.29, 1.82) is 0 Å². The highest BCUT2D eigenvalue weighted by atomic mass is 16.4. The van der Waals surface area contributed by atoms with E-state index >= 15 is 0 Å². The van der Waals surface area contributed by atoms with Gasteiger partial charge in [-0.25, -0.2) is 0 Å². The lowest BCUT2D eigenvalue weighted by atomic mass is 9.91. The number of pyridine rings is 1. The zero-order chi connectivity index (χ0) is 22.2. The first-order valence-corrected chi connectivity index (χ1v) is 11.7. The Morgan fingerprint density at radius 2 is 1.81 bits per heavy atom. The van der Waals surface area contributed by atoms with E-state index in [2.05, 4.69) is 82.9 Å². The van der Waals surface area contributed by atoms with Gasteiger partial charge >= 0.3 is 0 Å². The summed E-state index contributed by atoms with van der Waals surface area (Å²) < 4.78 is 6.16. The van der Waals surface area contributed by atoms with Gasteiger partial charge in [0.05, 0.1) is 5.52 Å². The summed E-state index contributed by atoms with van der Waals surface area (Å²) in [5.41, 5.74) is 4.44. The van der Waals surface area contributed by atoms with Gasteiger partial charge in [-0.1, -0.05) is 69.2 Å². The van der Waals surface area contributed by atoms with Crippen molar-refractivity contribution in [3.63, 3.8) is 0 Å². The Morgan fingerprint density at radius 3 is 2.62 bits per heavy atom. The van der Waals surface area contributed by atoms with Crippen LogP contribution < -0.4 is 5.32 Å². The van der Waals surface area contributed by atoms with E-state index in [0.717, 1.165) is 48.8 Å². The van der Waals surface area contributed by atoms with Gasteiger partial charge < -0.3 is 9.73 Å². The summed E-state index contributed by atoms with van der Waals surface area (Å²) in [4.78, 5) is 4.66. The van der Waals surface area contributed by atoms with Crippen LogP contribution in [0, 0.1) is 0 Å². The fourth-order valence-corrected chi connectivity index (χ4v) is 4.20. The number of hydrogen-bond acceptors (Lipinski definition) is 5. The molecule has 4 aromatic rings. The lowest BCUT2D eigenvalue weighted by molar-refractivity contribution is 0.468. The molecule has 0 aliphatic rings. The Balaban J connectivity index is 1.58. The maximum absolute atomic E-state index is 6.16. The molecule has 32 heavy (non-hydrogen) atoms. The average molecular weight is 429 g/mol. The maximum atomic E-state index is 6.16. The number of benzene rings is 2. The molecule has 1 atom stereocenters. The second-order valence-corrected chi connectivity index (χ2v) is 8.30. The number of nitrogens with zero attached hydrogens (tertiary/aromatic N) is 3. The number of fused-ring (bicyclic) bond motifs is 1. The number of unbranched alkanes of at least 4 members (excludes halogenated alkanes) is 1. The number of nitrogens with one attached hydrogen (secondary N) is 1. The van der Waals surface area contributed by atoms with E-state index in [9.17, 15) is 0 Å². The first-order chi connectivity index (χ1) is 15.8. The molecule has 0 fully saturated rings. The van der Waals surface area contributed by atoms with Gasteiger partial charge in [-0.2, -0.15) is 0 Å². The van der Waals surface area contributed by atoms with E-state index < -0.39 is 0 Å². The third kappa shape index (κ3) is 5.22. The van der Waals surface area contributed by atoms with Gasteiger partial charge in [-0.05, 0) is 48.6 Å². The zero-order valence-corrected chi connectivity index (χ0v) is 19.1. The van der Waals surface area contributed by atoms with Crippen molar-refractivity contribution in [3.8, 4) is 11.5 Å². The Hall–Kier alpha value is -3.05. The van der Waals surface area contributed by atoms with Crippen molar-refractivity contribution in [2.24, 2.45) is 0 Å². The topological polar surface area (TPSA) is 63.8 Å². The minimum atomic E-state index is 0.379. The van der Waals surface area contributed by atoms with Gasteiger partial charge in [0.1, 0.15) is 0 Å². The fourth-order valence-electron chi connectivity index (χ4n) is 4.20. The molecule has 0 radical (unpaired) electrons. The molecule has 0 aliphatic heterocycles. The zero-order valence-electron chi connectivity index (χ0n) is 19.1. The molecule has 0 saturated heterocycles. The van der Waals surface area contributed by atoms with Crippen LogP contribution in [-0.2, 0) is 13.0 Å². The van der Waals surface area contributed by atoms with Gasteiger partial charge in [0, 0.05) is 30.1 Å². The predicted molar refractivity (Wildman–Crippen MR) is 129 cm³/mol. The van der Waals surface area contributed by atoms with Crippen LogP contribution in [0.25, 0.3) is 22.4 Å². The van der Waals surface area contributed by atoms with Crippen LogP contribution in [0.4, 0.5) is 0 Å². The number of aromatic nitrogens is 3. The molecule has 5 heteroatoms. The molecule has 0 amide bonds. The van der Waals surface area contributed by atoms with Crippen LogP contribution >= 0.6 is 0 Å². The highest BCUT2D eigenvalue weighted by Gasteiger charge is 2.18. The quantitative estimate of drug-likeness (QED) is 0.284. The molecule has 0 spiro atoms. The van der Waals surface area contributed by atoms with Crippen LogP contribution in [0.3, 0.4) is 0 Å². The molecule has 2 aromatic carbocycles. The van der Waals surface area contributed by atoms with E-state index in [1.54, 1.807) is 0 Å². The third-order valence-electron chi connectivity index (χ3n) is 5.90. The lowest BCUT2D eigenvalue weighted by Gasteiger charge is -2.14. The summed E-state index contributed by atoms with van der Waals surface area (Å²) in [5, 5.41) is 13.4. The summed E-state index contributed by atoms with van der Waals surface area (Å²) in [6.07, 6.45) is 7.17. The van der Waals surface area contributed by atoms with Crippen molar-refractivity contribution in [2.45, 2.75) is 58.4 Å². The third-order valence-corrected chi connectivity index (χ3v) is 5.90. The van der Waals surface area contributed by atoms with Crippen LogP contribution in [0.1, 0.15) is 62.5 Å². The summed E-state index contributed by atoms with van der Waals surface area (Å²) in [7, 11) is 0. The Bertz CT molecular complexity index is 1120. The van der Waals surface area contributed by atoms with Crippen LogP contribution in [0.5, 0.6) is 0 Å². The molecule has 0 saturated carbocycles. The number of hydrogen-bond donors (Lipinski definition) is 1. The standard InChI is InChI=1S/C27H32N4O/c1-3-5-16-28-19-22-14-15-24(23-13-9-17-29-26(22)23)27-31-30-25(32-27)18-21(10-4-2)20-11-7-6-8-12-20/h6-9,11-15,17,21,28H,3-5,10,16,18-19H2,1-2H3. The monoisotopic (exact) mass is 428 g/mol. The molecular weight excluding hydrogens is 396 g/mol.